The summed E-state index contributed by atoms with van der Waals surface area (Å²) in [6.07, 6.45) is -0.393. The van der Waals surface area contributed by atoms with Crippen LogP contribution in [0.15, 0.2) is 0 Å². The minimum Gasteiger partial charge on any atom is -0.368 e. The van der Waals surface area contributed by atoms with Crippen LogP contribution in [-0.2, 0) is 4.79 Å². The van der Waals surface area contributed by atoms with E-state index in [1.54, 1.807) is 18.7 Å². The van der Waals surface area contributed by atoms with Gasteiger partial charge in [0.1, 0.15) is 0 Å². The van der Waals surface area contributed by atoms with Crippen LogP contribution in [0.4, 0.5) is 0 Å². The fraction of sp³-hybridized carbons (Fsp3) is 0.889. The standard InChI is InChI=1S/C9H17NO3/c1-6(9(12)13)8-3-4-10(5-8)7(2)11/h6,8-9,12-13H,3-5H2,1-2H3. The second kappa shape index (κ2) is 4.07. The zero-order valence-corrected chi connectivity index (χ0v) is 8.10. The van der Waals surface area contributed by atoms with Crippen molar-refractivity contribution in [3.8, 4) is 0 Å². The molecule has 1 aliphatic heterocycles. The number of amides is 1. The van der Waals surface area contributed by atoms with Crippen LogP contribution in [0.2, 0.25) is 0 Å². The molecule has 1 aliphatic rings. The van der Waals surface area contributed by atoms with Crippen molar-refractivity contribution in [1.29, 1.82) is 0 Å². The Morgan fingerprint density at radius 3 is 2.54 bits per heavy atom. The number of carbonyl (C=O) groups excluding carboxylic acids is 1. The van der Waals surface area contributed by atoms with Gasteiger partial charge in [-0.1, -0.05) is 6.92 Å². The molecular weight excluding hydrogens is 170 g/mol. The number of aliphatic hydroxyl groups excluding tert-OH is 1. The number of hydrogen-bond acceptors (Lipinski definition) is 3. The van der Waals surface area contributed by atoms with Crippen LogP contribution in [0, 0.1) is 11.8 Å². The van der Waals surface area contributed by atoms with Gasteiger partial charge in [0.25, 0.3) is 0 Å². The Kier molecular flexibility index (Phi) is 3.27. The highest BCUT2D eigenvalue weighted by atomic mass is 16.5. The SMILES string of the molecule is CC(=O)N1CCC(C(C)C(O)O)C1. The van der Waals surface area contributed by atoms with Crippen molar-refractivity contribution >= 4 is 5.91 Å². The number of carbonyl (C=O) groups is 1. The number of hydrogen-bond donors (Lipinski definition) is 2. The molecule has 2 N–H and O–H groups in total. The van der Waals surface area contributed by atoms with E-state index < -0.39 is 6.29 Å². The van der Waals surface area contributed by atoms with E-state index in [2.05, 4.69) is 0 Å². The lowest BCUT2D eigenvalue weighted by atomic mass is 9.93. The van der Waals surface area contributed by atoms with Crippen LogP contribution in [0.25, 0.3) is 0 Å². The average molecular weight is 187 g/mol. The highest BCUT2D eigenvalue weighted by Gasteiger charge is 2.30. The van der Waals surface area contributed by atoms with E-state index in [4.69, 9.17) is 10.2 Å². The molecule has 4 nitrogen and oxygen atoms in total. The van der Waals surface area contributed by atoms with Crippen LogP contribution < -0.4 is 0 Å². The van der Waals surface area contributed by atoms with Crippen molar-refractivity contribution < 1.29 is 15.0 Å². The smallest absolute Gasteiger partial charge is 0.219 e. The third kappa shape index (κ3) is 2.42. The van der Waals surface area contributed by atoms with Crippen molar-refractivity contribution in [2.75, 3.05) is 13.1 Å². The molecule has 0 spiro atoms. The Bertz CT molecular complexity index is 193. The maximum Gasteiger partial charge on any atom is 0.219 e. The Morgan fingerprint density at radius 1 is 1.54 bits per heavy atom. The summed E-state index contributed by atoms with van der Waals surface area (Å²) in [5.74, 6) is 0.148. The van der Waals surface area contributed by atoms with Crippen LogP contribution in [-0.4, -0.2) is 40.4 Å². The van der Waals surface area contributed by atoms with E-state index in [0.717, 1.165) is 13.0 Å². The molecule has 2 atom stereocenters. The normalized spacial score (nSPS) is 25.3. The Hall–Kier alpha value is -0.610. The van der Waals surface area contributed by atoms with Crippen LogP contribution in [0.5, 0.6) is 0 Å². The molecule has 0 bridgehead atoms. The van der Waals surface area contributed by atoms with Gasteiger partial charge >= 0.3 is 0 Å². The molecule has 0 aromatic carbocycles. The Morgan fingerprint density at radius 2 is 2.15 bits per heavy atom. The first-order valence-electron chi connectivity index (χ1n) is 4.64. The molecular formula is C9H17NO3. The third-order valence-electron chi connectivity index (χ3n) is 2.88. The van der Waals surface area contributed by atoms with E-state index in [-0.39, 0.29) is 17.7 Å². The number of aliphatic hydroxyl groups is 2. The van der Waals surface area contributed by atoms with Gasteiger partial charge in [-0.3, -0.25) is 4.79 Å². The lowest BCUT2D eigenvalue weighted by molar-refractivity contribution is -0.128. The fourth-order valence-electron chi connectivity index (χ4n) is 1.75. The van der Waals surface area contributed by atoms with Gasteiger partial charge in [0.05, 0.1) is 0 Å². The lowest BCUT2D eigenvalue weighted by Gasteiger charge is -2.21. The first-order valence-corrected chi connectivity index (χ1v) is 4.64. The van der Waals surface area contributed by atoms with Crippen LogP contribution in [0.3, 0.4) is 0 Å². The molecule has 0 radical (unpaired) electrons. The Balaban J connectivity index is 2.45. The molecule has 1 heterocycles. The topological polar surface area (TPSA) is 60.8 Å². The van der Waals surface area contributed by atoms with E-state index in [0.29, 0.717) is 6.54 Å². The summed E-state index contributed by atoms with van der Waals surface area (Å²) >= 11 is 0. The first kappa shape index (κ1) is 10.5. The Labute approximate surface area is 78.2 Å². The molecule has 1 amide bonds. The van der Waals surface area contributed by atoms with Crippen LogP contribution >= 0.6 is 0 Å². The molecule has 2 unspecified atom stereocenters. The molecule has 1 rings (SSSR count). The third-order valence-corrected chi connectivity index (χ3v) is 2.88. The van der Waals surface area contributed by atoms with E-state index >= 15 is 0 Å². The van der Waals surface area contributed by atoms with Crippen molar-refractivity contribution in [3.05, 3.63) is 0 Å². The minimum atomic E-state index is -1.27. The monoisotopic (exact) mass is 187 g/mol. The molecule has 0 saturated carbocycles. The second-order valence-electron chi connectivity index (χ2n) is 3.79. The molecule has 0 aromatic rings. The maximum atomic E-state index is 11.0. The van der Waals surface area contributed by atoms with E-state index in [1.165, 1.54) is 0 Å². The van der Waals surface area contributed by atoms with Gasteiger partial charge in [0, 0.05) is 25.9 Å². The van der Waals surface area contributed by atoms with Crippen molar-refractivity contribution in [2.45, 2.75) is 26.6 Å². The summed E-state index contributed by atoms with van der Waals surface area (Å²) in [5.41, 5.74) is 0. The molecule has 4 heteroatoms. The largest absolute Gasteiger partial charge is 0.368 e. The van der Waals surface area contributed by atoms with Crippen LogP contribution in [0.1, 0.15) is 20.3 Å². The molecule has 13 heavy (non-hydrogen) atoms. The van der Waals surface area contributed by atoms with Crippen molar-refractivity contribution in [2.24, 2.45) is 11.8 Å². The predicted molar refractivity (Wildman–Crippen MR) is 47.8 cm³/mol. The summed E-state index contributed by atoms with van der Waals surface area (Å²) in [4.78, 5) is 12.7. The maximum absolute atomic E-state index is 11.0. The second-order valence-corrected chi connectivity index (χ2v) is 3.79. The molecule has 0 aromatic heterocycles. The quantitative estimate of drug-likeness (QED) is 0.589. The van der Waals surface area contributed by atoms with Gasteiger partial charge in [-0.25, -0.2) is 0 Å². The summed E-state index contributed by atoms with van der Waals surface area (Å²) in [7, 11) is 0. The van der Waals surface area contributed by atoms with Gasteiger partial charge in [-0.2, -0.15) is 0 Å². The summed E-state index contributed by atoms with van der Waals surface area (Å²) in [5, 5.41) is 17.9. The highest BCUT2D eigenvalue weighted by molar-refractivity contribution is 5.73. The fourth-order valence-corrected chi connectivity index (χ4v) is 1.75. The number of nitrogens with zero attached hydrogens (tertiary/aromatic N) is 1. The average Bonchev–Trinajstić information content (AvgIpc) is 2.50. The summed E-state index contributed by atoms with van der Waals surface area (Å²) < 4.78 is 0. The van der Waals surface area contributed by atoms with E-state index in [1.807, 2.05) is 0 Å². The van der Waals surface area contributed by atoms with Gasteiger partial charge < -0.3 is 15.1 Å². The zero-order chi connectivity index (χ0) is 10.0. The minimum absolute atomic E-state index is 0.0714. The first-order chi connectivity index (χ1) is 6.02. The van der Waals surface area contributed by atoms with Gasteiger partial charge in [-0.15, -0.1) is 0 Å². The van der Waals surface area contributed by atoms with Crippen molar-refractivity contribution in [1.82, 2.24) is 4.90 Å². The van der Waals surface area contributed by atoms with Gasteiger partial charge in [-0.05, 0) is 12.3 Å². The zero-order valence-electron chi connectivity index (χ0n) is 8.10. The molecule has 1 fully saturated rings. The van der Waals surface area contributed by atoms with Crippen molar-refractivity contribution in [3.63, 3.8) is 0 Å². The van der Waals surface area contributed by atoms with Gasteiger partial charge in [0.2, 0.25) is 5.91 Å². The summed E-state index contributed by atoms with van der Waals surface area (Å²) in [6, 6.07) is 0. The number of rotatable bonds is 2. The number of likely N-dealkylation sites (tertiary alicyclic amines) is 1. The predicted octanol–water partition coefficient (Wildman–Crippen LogP) is -0.198. The highest BCUT2D eigenvalue weighted by Crippen LogP contribution is 2.25. The lowest BCUT2D eigenvalue weighted by Crippen LogP contribution is -2.30. The molecule has 0 aliphatic carbocycles. The van der Waals surface area contributed by atoms with E-state index in [9.17, 15) is 4.79 Å². The molecule has 76 valence electrons. The molecule has 1 saturated heterocycles. The summed E-state index contributed by atoms with van der Waals surface area (Å²) in [6.45, 7) is 4.76. The van der Waals surface area contributed by atoms with Gasteiger partial charge in [0.15, 0.2) is 6.29 Å².